The van der Waals surface area contributed by atoms with Gasteiger partial charge in [-0.05, 0) is 46.5 Å². The number of carbonyl (C=O) groups excluding carboxylic acids is 3. The Kier molecular flexibility index (Phi) is 7.28. The predicted molar refractivity (Wildman–Crippen MR) is 130 cm³/mol. The molecule has 2 N–H and O–H groups in total. The van der Waals surface area contributed by atoms with Gasteiger partial charge in [-0.15, -0.1) is 0 Å². The van der Waals surface area contributed by atoms with E-state index in [1.807, 2.05) is 20.8 Å². The van der Waals surface area contributed by atoms with Crippen LogP contribution in [0.4, 0.5) is 4.79 Å². The molecule has 0 bridgehead atoms. The maximum atomic E-state index is 12.8. The number of amides is 2. The Morgan fingerprint density at radius 1 is 1.11 bits per heavy atom. The van der Waals surface area contributed by atoms with Gasteiger partial charge in [0.05, 0.1) is 18.4 Å². The topological polar surface area (TPSA) is 126 Å². The van der Waals surface area contributed by atoms with Gasteiger partial charge in [0.1, 0.15) is 16.8 Å². The van der Waals surface area contributed by atoms with E-state index in [0.29, 0.717) is 37.3 Å². The SMILES string of the molecule is CC(C)(C)OC(=O)N1CCC(c2cc(=O)[nH]c3c(C(=O)NCC(=O)C4CCCCC4)cnn23)CC1. The lowest BCUT2D eigenvalue weighted by atomic mass is 9.86. The van der Waals surface area contributed by atoms with Crippen molar-refractivity contribution in [1.29, 1.82) is 0 Å². The number of aromatic nitrogens is 3. The van der Waals surface area contributed by atoms with Gasteiger partial charge in [0.25, 0.3) is 11.5 Å². The Balaban J connectivity index is 1.44. The Morgan fingerprint density at radius 3 is 2.46 bits per heavy atom. The summed E-state index contributed by atoms with van der Waals surface area (Å²) in [7, 11) is 0. The molecule has 2 aliphatic rings. The van der Waals surface area contributed by atoms with Crippen molar-refractivity contribution in [3.8, 4) is 0 Å². The highest BCUT2D eigenvalue weighted by molar-refractivity contribution is 6.01. The standard InChI is InChI=1S/C25H35N5O5/c1-25(2,3)35-24(34)29-11-9-16(10-12-29)19-13-21(32)28-22-18(14-27-30(19)22)23(33)26-15-20(31)17-7-5-4-6-8-17/h13-14,16-17H,4-12,15H2,1-3H3,(H,26,33)(H,28,32). The molecule has 190 valence electrons. The number of H-pyrrole nitrogens is 1. The van der Waals surface area contributed by atoms with Crippen molar-refractivity contribution in [3.05, 3.63) is 33.9 Å². The molecule has 4 rings (SSSR count). The van der Waals surface area contributed by atoms with Crippen molar-refractivity contribution in [2.45, 2.75) is 77.2 Å². The second-order valence-corrected chi connectivity index (χ2v) is 10.6. The van der Waals surface area contributed by atoms with Crippen LogP contribution in [0.2, 0.25) is 0 Å². The highest BCUT2D eigenvalue weighted by Crippen LogP contribution is 2.29. The van der Waals surface area contributed by atoms with Crippen LogP contribution < -0.4 is 10.9 Å². The number of nitrogens with one attached hydrogen (secondary N) is 2. The molecule has 2 aromatic heterocycles. The fourth-order valence-electron chi connectivity index (χ4n) is 4.99. The molecule has 1 aliphatic heterocycles. The van der Waals surface area contributed by atoms with Gasteiger partial charge in [0.15, 0.2) is 5.78 Å². The molecule has 35 heavy (non-hydrogen) atoms. The summed E-state index contributed by atoms with van der Waals surface area (Å²) in [4.78, 5) is 54.5. The van der Waals surface area contributed by atoms with Crippen molar-refractivity contribution >= 4 is 23.4 Å². The molecule has 0 atom stereocenters. The molecule has 2 aromatic rings. The molecule has 2 fully saturated rings. The number of hydrogen-bond acceptors (Lipinski definition) is 6. The smallest absolute Gasteiger partial charge is 0.410 e. The third-order valence-electron chi connectivity index (χ3n) is 6.83. The van der Waals surface area contributed by atoms with Gasteiger partial charge in [-0.2, -0.15) is 5.10 Å². The highest BCUT2D eigenvalue weighted by atomic mass is 16.6. The number of nitrogens with zero attached hydrogens (tertiary/aromatic N) is 3. The first kappa shape index (κ1) is 24.9. The second kappa shape index (κ2) is 10.2. The molecule has 0 radical (unpaired) electrons. The summed E-state index contributed by atoms with van der Waals surface area (Å²) in [6.07, 6.45) is 7.42. The number of aromatic amines is 1. The van der Waals surface area contributed by atoms with E-state index in [0.717, 1.165) is 32.1 Å². The van der Waals surface area contributed by atoms with Crippen LogP contribution >= 0.6 is 0 Å². The van der Waals surface area contributed by atoms with E-state index in [-0.39, 0.29) is 41.4 Å². The van der Waals surface area contributed by atoms with E-state index in [4.69, 9.17) is 4.74 Å². The largest absolute Gasteiger partial charge is 0.444 e. The van der Waals surface area contributed by atoms with Gasteiger partial charge in [0, 0.05) is 31.0 Å². The number of Topliss-reactive ketones (excluding diaryl/α,β-unsaturated/α-hetero) is 1. The number of likely N-dealkylation sites (tertiary alicyclic amines) is 1. The minimum atomic E-state index is -0.556. The number of piperidine rings is 1. The summed E-state index contributed by atoms with van der Waals surface area (Å²) in [6, 6.07) is 1.50. The maximum absolute atomic E-state index is 12.8. The monoisotopic (exact) mass is 485 g/mol. The maximum Gasteiger partial charge on any atom is 0.410 e. The minimum absolute atomic E-state index is 0.00202. The number of hydrogen-bond donors (Lipinski definition) is 2. The van der Waals surface area contributed by atoms with E-state index in [1.165, 1.54) is 12.3 Å². The number of carbonyl (C=O) groups is 3. The molecule has 10 heteroatoms. The zero-order valence-electron chi connectivity index (χ0n) is 20.8. The van der Waals surface area contributed by atoms with Gasteiger partial charge >= 0.3 is 6.09 Å². The summed E-state index contributed by atoms with van der Waals surface area (Å²) < 4.78 is 7.05. The summed E-state index contributed by atoms with van der Waals surface area (Å²) >= 11 is 0. The number of ketones is 1. The van der Waals surface area contributed by atoms with E-state index in [9.17, 15) is 19.2 Å². The van der Waals surface area contributed by atoms with Gasteiger partial charge < -0.3 is 19.9 Å². The summed E-state index contributed by atoms with van der Waals surface area (Å²) in [5.41, 5.74) is 0.357. The number of fused-ring (bicyclic) bond motifs is 1. The first-order valence-corrected chi connectivity index (χ1v) is 12.5. The summed E-state index contributed by atoms with van der Waals surface area (Å²) in [5.74, 6) is -0.356. The second-order valence-electron chi connectivity index (χ2n) is 10.6. The Labute approximate surface area is 204 Å². The lowest BCUT2D eigenvalue weighted by Gasteiger charge is -2.33. The molecule has 3 heterocycles. The Morgan fingerprint density at radius 2 is 1.80 bits per heavy atom. The van der Waals surface area contributed by atoms with Crippen molar-refractivity contribution in [2.24, 2.45) is 5.92 Å². The molecular formula is C25H35N5O5. The molecule has 1 aliphatic carbocycles. The van der Waals surface area contributed by atoms with Crippen LogP contribution in [0, 0.1) is 5.92 Å². The van der Waals surface area contributed by atoms with Gasteiger partial charge in [-0.1, -0.05) is 19.3 Å². The molecule has 1 saturated carbocycles. The van der Waals surface area contributed by atoms with E-state index < -0.39 is 11.5 Å². The number of rotatable bonds is 5. The van der Waals surface area contributed by atoms with Crippen LogP contribution in [-0.2, 0) is 9.53 Å². The fraction of sp³-hybridized carbons (Fsp3) is 0.640. The molecule has 0 aromatic carbocycles. The zero-order chi connectivity index (χ0) is 25.2. The van der Waals surface area contributed by atoms with Crippen LogP contribution in [0.15, 0.2) is 17.1 Å². The third kappa shape index (κ3) is 5.91. The van der Waals surface area contributed by atoms with Crippen molar-refractivity contribution in [3.63, 3.8) is 0 Å². The van der Waals surface area contributed by atoms with E-state index in [2.05, 4.69) is 15.4 Å². The van der Waals surface area contributed by atoms with Crippen molar-refractivity contribution in [1.82, 2.24) is 24.8 Å². The van der Waals surface area contributed by atoms with Crippen LogP contribution in [0.5, 0.6) is 0 Å². The molecule has 10 nitrogen and oxygen atoms in total. The Bertz CT molecular complexity index is 1150. The first-order valence-electron chi connectivity index (χ1n) is 12.5. The first-order chi connectivity index (χ1) is 16.6. The molecule has 0 spiro atoms. The van der Waals surface area contributed by atoms with Crippen LogP contribution in [-0.4, -0.2) is 62.5 Å². The van der Waals surface area contributed by atoms with Crippen molar-refractivity contribution in [2.75, 3.05) is 19.6 Å². The zero-order valence-corrected chi connectivity index (χ0v) is 20.8. The van der Waals surface area contributed by atoms with E-state index in [1.54, 1.807) is 9.42 Å². The van der Waals surface area contributed by atoms with Crippen LogP contribution in [0.25, 0.3) is 5.65 Å². The molecule has 1 saturated heterocycles. The molecule has 2 amide bonds. The van der Waals surface area contributed by atoms with Gasteiger partial charge in [0.2, 0.25) is 0 Å². The quantitative estimate of drug-likeness (QED) is 0.671. The average molecular weight is 486 g/mol. The third-order valence-corrected chi connectivity index (χ3v) is 6.83. The molecular weight excluding hydrogens is 450 g/mol. The van der Waals surface area contributed by atoms with Crippen LogP contribution in [0.3, 0.4) is 0 Å². The average Bonchev–Trinajstić information content (AvgIpc) is 3.25. The minimum Gasteiger partial charge on any atom is -0.444 e. The summed E-state index contributed by atoms with van der Waals surface area (Å²) in [5, 5.41) is 7.08. The normalized spacial score (nSPS) is 18.0. The fourth-order valence-corrected chi connectivity index (χ4v) is 4.99. The lowest BCUT2D eigenvalue weighted by molar-refractivity contribution is -0.122. The summed E-state index contributed by atoms with van der Waals surface area (Å²) in [6.45, 7) is 6.50. The highest BCUT2D eigenvalue weighted by Gasteiger charge is 2.30. The van der Waals surface area contributed by atoms with Gasteiger partial charge in [-0.25, -0.2) is 9.31 Å². The number of ether oxygens (including phenoxy) is 1. The van der Waals surface area contributed by atoms with Crippen LogP contribution in [0.1, 0.15) is 87.7 Å². The van der Waals surface area contributed by atoms with E-state index >= 15 is 0 Å². The lowest BCUT2D eigenvalue weighted by Crippen LogP contribution is -2.41. The molecule has 0 unspecified atom stereocenters. The predicted octanol–water partition coefficient (Wildman–Crippen LogP) is 3.02. The van der Waals surface area contributed by atoms with Gasteiger partial charge in [-0.3, -0.25) is 14.4 Å². The van der Waals surface area contributed by atoms with Crippen molar-refractivity contribution < 1.29 is 19.1 Å². The Hall–Kier alpha value is -3.17.